The van der Waals surface area contributed by atoms with Crippen molar-refractivity contribution in [2.45, 2.75) is 13.3 Å². The maximum Gasteiger partial charge on any atom is 0.221 e. The Morgan fingerprint density at radius 3 is 2.77 bits per heavy atom. The van der Waals surface area contributed by atoms with E-state index in [1.54, 1.807) is 0 Å². The third-order valence-electron chi connectivity index (χ3n) is 2.13. The number of nitrogens with zero attached hydrogens (tertiary/aromatic N) is 1. The van der Waals surface area contributed by atoms with E-state index in [-0.39, 0.29) is 5.91 Å². The maximum absolute atomic E-state index is 11.1. The van der Waals surface area contributed by atoms with Gasteiger partial charge < -0.3 is 10.1 Å². The van der Waals surface area contributed by atoms with Crippen LogP contribution in [0.2, 0.25) is 0 Å². The van der Waals surface area contributed by atoms with Crippen molar-refractivity contribution in [3.8, 4) is 0 Å². The molecule has 1 aliphatic heterocycles. The third-order valence-corrected chi connectivity index (χ3v) is 2.13. The fourth-order valence-electron chi connectivity index (χ4n) is 1.37. The van der Waals surface area contributed by atoms with Crippen molar-refractivity contribution in [2.75, 3.05) is 39.4 Å². The van der Waals surface area contributed by atoms with Gasteiger partial charge in [0.05, 0.1) is 13.2 Å². The van der Waals surface area contributed by atoms with Crippen LogP contribution in [0.1, 0.15) is 13.3 Å². The summed E-state index contributed by atoms with van der Waals surface area (Å²) in [5.74, 6) is 0.147. The van der Waals surface area contributed by atoms with Gasteiger partial charge in [-0.3, -0.25) is 9.69 Å². The van der Waals surface area contributed by atoms with Crippen molar-refractivity contribution < 1.29 is 9.53 Å². The van der Waals surface area contributed by atoms with Gasteiger partial charge in [0.1, 0.15) is 0 Å². The molecule has 0 aromatic rings. The Morgan fingerprint density at radius 2 is 2.15 bits per heavy atom. The molecule has 0 spiro atoms. The molecule has 0 aromatic carbocycles. The summed E-state index contributed by atoms with van der Waals surface area (Å²) in [6.07, 6.45) is 0.605. The SMILES string of the molecule is CCNC(=O)CCN1CCOCC1. The summed E-state index contributed by atoms with van der Waals surface area (Å²) in [4.78, 5) is 13.4. The molecule has 0 aliphatic carbocycles. The molecule has 0 unspecified atom stereocenters. The summed E-state index contributed by atoms with van der Waals surface area (Å²) in [7, 11) is 0. The molecule has 0 saturated carbocycles. The second-order valence-corrected chi connectivity index (χ2v) is 3.16. The minimum atomic E-state index is 0.147. The van der Waals surface area contributed by atoms with Gasteiger partial charge in [-0.1, -0.05) is 0 Å². The lowest BCUT2D eigenvalue weighted by molar-refractivity contribution is -0.121. The number of hydrogen-bond donors (Lipinski definition) is 1. The van der Waals surface area contributed by atoms with Crippen molar-refractivity contribution in [3.05, 3.63) is 0 Å². The van der Waals surface area contributed by atoms with Crippen LogP contribution in [0.3, 0.4) is 0 Å². The van der Waals surface area contributed by atoms with Crippen LogP contribution in [0.15, 0.2) is 0 Å². The standard InChI is InChI=1S/C9H18N2O2/c1-2-10-9(12)3-4-11-5-7-13-8-6-11/h2-8H2,1H3,(H,10,12). The number of carbonyl (C=O) groups is 1. The van der Waals surface area contributed by atoms with Crippen molar-refractivity contribution in [1.29, 1.82) is 0 Å². The molecule has 4 heteroatoms. The van der Waals surface area contributed by atoms with Crippen LogP contribution < -0.4 is 5.32 Å². The Morgan fingerprint density at radius 1 is 1.46 bits per heavy atom. The van der Waals surface area contributed by atoms with Crippen molar-refractivity contribution in [3.63, 3.8) is 0 Å². The van der Waals surface area contributed by atoms with Gasteiger partial charge in [0.15, 0.2) is 0 Å². The van der Waals surface area contributed by atoms with E-state index in [1.165, 1.54) is 0 Å². The largest absolute Gasteiger partial charge is 0.379 e. The lowest BCUT2D eigenvalue weighted by Gasteiger charge is -2.26. The molecule has 1 aliphatic rings. The molecule has 0 radical (unpaired) electrons. The molecule has 1 heterocycles. The summed E-state index contributed by atoms with van der Waals surface area (Å²) in [5.41, 5.74) is 0. The number of carbonyl (C=O) groups excluding carboxylic acids is 1. The first kappa shape index (κ1) is 10.5. The zero-order chi connectivity index (χ0) is 9.52. The monoisotopic (exact) mass is 186 g/mol. The smallest absolute Gasteiger partial charge is 0.221 e. The average molecular weight is 186 g/mol. The average Bonchev–Trinajstić information content (AvgIpc) is 2.17. The van der Waals surface area contributed by atoms with E-state index in [2.05, 4.69) is 10.2 Å². The van der Waals surface area contributed by atoms with E-state index in [0.29, 0.717) is 6.42 Å². The first-order valence-corrected chi connectivity index (χ1v) is 4.89. The summed E-state index contributed by atoms with van der Waals surface area (Å²) >= 11 is 0. The predicted octanol–water partition coefficient (Wildman–Crippen LogP) is -0.155. The highest BCUT2D eigenvalue weighted by molar-refractivity contribution is 5.75. The van der Waals surface area contributed by atoms with Gasteiger partial charge in [0, 0.05) is 32.6 Å². The molecule has 1 rings (SSSR count). The normalized spacial score (nSPS) is 18.5. The highest BCUT2D eigenvalue weighted by Gasteiger charge is 2.10. The minimum Gasteiger partial charge on any atom is -0.379 e. The highest BCUT2D eigenvalue weighted by Crippen LogP contribution is 1.97. The lowest BCUT2D eigenvalue weighted by atomic mass is 10.3. The lowest BCUT2D eigenvalue weighted by Crippen LogP contribution is -2.38. The molecule has 0 atom stereocenters. The van der Waals surface area contributed by atoms with Crippen molar-refractivity contribution in [1.82, 2.24) is 10.2 Å². The summed E-state index contributed by atoms with van der Waals surface area (Å²) in [6.45, 7) is 7.04. The molecule has 1 fully saturated rings. The summed E-state index contributed by atoms with van der Waals surface area (Å²) < 4.78 is 5.21. The van der Waals surface area contributed by atoms with Crippen LogP contribution >= 0.6 is 0 Å². The maximum atomic E-state index is 11.1. The molecule has 1 amide bonds. The topological polar surface area (TPSA) is 41.6 Å². The number of ether oxygens (including phenoxy) is 1. The number of nitrogens with one attached hydrogen (secondary N) is 1. The summed E-state index contributed by atoms with van der Waals surface area (Å²) in [5, 5.41) is 2.79. The van der Waals surface area contributed by atoms with Crippen LogP contribution in [-0.2, 0) is 9.53 Å². The van der Waals surface area contributed by atoms with Crippen molar-refractivity contribution in [2.24, 2.45) is 0 Å². The molecule has 13 heavy (non-hydrogen) atoms. The molecule has 0 bridgehead atoms. The first-order valence-electron chi connectivity index (χ1n) is 4.89. The molecule has 4 nitrogen and oxygen atoms in total. The molecule has 1 saturated heterocycles. The van der Waals surface area contributed by atoms with Crippen LogP contribution in [0.25, 0.3) is 0 Å². The first-order chi connectivity index (χ1) is 6.33. The zero-order valence-corrected chi connectivity index (χ0v) is 8.21. The second kappa shape index (κ2) is 5.94. The van der Waals surface area contributed by atoms with Gasteiger partial charge in [-0.05, 0) is 6.92 Å². The summed E-state index contributed by atoms with van der Waals surface area (Å²) in [6, 6.07) is 0. The number of rotatable bonds is 4. The van der Waals surface area contributed by atoms with Gasteiger partial charge in [-0.15, -0.1) is 0 Å². The van der Waals surface area contributed by atoms with E-state index >= 15 is 0 Å². The third kappa shape index (κ3) is 4.24. The van der Waals surface area contributed by atoms with E-state index in [0.717, 1.165) is 39.4 Å². The van der Waals surface area contributed by atoms with Gasteiger partial charge in [0.25, 0.3) is 0 Å². The van der Waals surface area contributed by atoms with E-state index in [4.69, 9.17) is 4.74 Å². The Labute approximate surface area is 79.2 Å². The zero-order valence-electron chi connectivity index (χ0n) is 8.21. The Hall–Kier alpha value is -0.610. The van der Waals surface area contributed by atoms with E-state index < -0.39 is 0 Å². The molecule has 76 valence electrons. The van der Waals surface area contributed by atoms with E-state index in [9.17, 15) is 4.79 Å². The Balaban J connectivity index is 2.06. The molecular weight excluding hydrogens is 168 g/mol. The fourth-order valence-corrected chi connectivity index (χ4v) is 1.37. The molecule has 1 N–H and O–H groups in total. The number of morpholine rings is 1. The predicted molar refractivity (Wildman–Crippen MR) is 50.6 cm³/mol. The Bertz CT molecular complexity index is 156. The second-order valence-electron chi connectivity index (χ2n) is 3.16. The molecular formula is C9H18N2O2. The van der Waals surface area contributed by atoms with Crippen molar-refractivity contribution >= 4 is 5.91 Å². The van der Waals surface area contributed by atoms with Gasteiger partial charge in [-0.25, -0.2) is 0 Å². The minimum absolute atomic E-state index is 0.147. The Kier molecular flexibility index (Phi) is 4.78. The van der Waals surface area contributed by atoms with Gasteiger partial charge in [-0.2, -0.15) is 0 Å². The van der Waals surface area contributed by atoms with Crippen LogP contribution in [0.4, 0.5) is 0 Å². The van der Waals surface area contributed by atoms with Gasteiger partial charge in [0.2, 0.25) is 5.91 Å². The number of hydrogen-bond acceptors (Lipinski definition) is 3. The number of amides is 1. The van der Waals surface area contributed by atoms with Crippen LogP contribution in [0.5, 0.6) is 0 Å². The molecule has 0 aromatic heterocycles. The van der Waals surface area contributed by atoms with E-state index in [1.807, 2.05) is 6.92 Å². The fraction of sp³-hybridized carbons (Fsp3) is 0.889. The van der Waals surface area contributed by atoms with Crippen LogP contribution in [-0.4, -0.2) is 50.2 Å². The van der Waals surface area contributed by atoms with Gasteiger partial charge >= 0.3 is 0 Å². The highest BCUT2D eigenvalue weighted by atomic mass is 16.5. The quantitative estimate of drug-likeness (QED) is 0.663. The van der Waals surface area contributed by atoms with Crippen LogP contribution in [0, 0.1) is 0 Å².